The van der Waals surface area contributed by atoms with Gasteiger partial charge in [-0.3, -0.25) is 9.10 Å². The molecule has 0 spiro atoms. The van der Waals surface area contributed by atoms with Crippen LogP contribution < -0.4 is 13.8 Å². The molecule has 8 heteroatoms. The van der Waals surface area contributed by atoms with Crippen LogP contribution in [0.3, 0.4) is 0 Å². The lowest BCUT2D eigenvalue weighted by Crippen LogP contribution is -2.30. The molecule has 0 bridgehead atoms. The Morgan fingerprint density at radius 1 is 1.03 bits per heavy atom. The summed E-state index contributed by atoms with van der Waals surface area (Å²) in [5.41, 5.74) is 1.96. The highest BCUT2D eigenvalue weighted by Gasteiger charge is 2.31. The van der Waals surface area contributed by atoms with Gasteiger partial charge >= 0.3 is 0 Å². The van der Waals surface area contributed by atoms with Crippen LogP contribution in [-0.2, 0) is 10.0 Å². The molecule has 3 aromatic carbocycles. The third kappa shape index (κ3) is 4.98. The summed E-state index contributed by atoms with van der Waals surface area (Å²) in [5, 5.41) is 0. The first kappa shape index (κ1) is 24.6. The summed E-state index contributed by atoms with van der Waals surface area (Å²) in [5.74, 6) is 1.16. The van der Waals surface area contributed by atoms with Gasteiger partial charge in [0.25, 0.3) is 15.9 Å². The SMILES string of the molecule is CCOc1ccc(C2CCCN2C(=O)c2ccc(S(=O)(=O)N(C)c3ccccc3OC)cc2)cc1. The number of para-hydroxylation sites is 2. The molecule has 0 radical (unpaired) electrons. The number of carbonyl (C=O) groups is 1. The Hall–Kier alpha value is -3.52. The molecular formula is C27H30N2O5S. The van der Waals surface area contributed by atoms with Crippen molar-refractivity contribution >= 4 is 21.6 Å². The van der Waals surface area contributed by atoms with Gasteiger partial charge in [-0.1, -0.05) is 24.3 Å². The monoisotopic (exact) mass is 494 g/mol. The van der Waals surface area contributed by atoms with Gasteiger partial charge in [0.2, 0.25) is 0 Å². The van der Waals surface area contributed by atoms with Gasteiger partial charge in [0.05, 0.1) is 30.3 Å². The summed E-state index contributed by atoms with van der Waals surface area (Å²) in [7, 11) is -0.850. The van der Waals surface area contributed by atoms with Gasteiger partial charge < -0.3 is 14.4 Å². The van der Waals surface area contributed by atoms with E-state index in [1.54, 1.807) is 36.4 Å². The van der Waals surface area contributed by atoms with Crippen LogP contribution in [0.5, 0.6) is 11.5 Å². The molecule has 0 aromatic heterocycles. The number of benzene rings is 3. The fourth-order valence-corrected chi connectivity index (χ4v) is 5.63. The Balaban J connectivity index is 1.53. The number of ether oxygens (including phenoxy) is 2. The molecule has 0 saturated carbocycles. The van der Waals surface area contributed by atoms with Crippen LogP contribution in [0.4, 0.5) is 5.69 Å². The number of nitrogens with zero attached hydrogens (tertiary/aromatic N) is 2. The first-order chi connectivity index (χ1) is 16.9. The van der Waals surface area contributed by atoms with Crippen LogP contribution in [-0.4, -0.2) is 46.5 Å². The molecule has 1 atom stereocenters. The molecule has 1 unspecified atom stereocenters. The highest BCUT2D eigenvalue weighted by atomic mass is 32.2. The Morgan fingerprint density at radius 2 is 1.71 bits per heavy atom. The van der Waals surface area contributed by atoms with E-state index in [0.29, 0.717) is 30.2 Å². The predicted molar refractivity (Wildman–Crippen MR) is 136 cm³/mol. The second-order valence-electron chi connectivity index (χ2n) is 8.33. The lowest BCUT2D eigenvalue weighted by Gasteiger charge is -2.26. The van der Waals surface area contributed by atoms with Crippen LogP contribution in [0, 0.1) is 0 Å². The highest BCUT2D eigenvalue weighted by Crippen LogP contribution is 2.35. The van der Waals surface area contributed by atoms with E-state index in [1.165, 1.54) is 30.6 Å². The van der Waals surface area contributed by atoms with Crippen LogP contribution in [0.1, 0.15) is 41.7 Å². The topological polar surface area (TPSA) is 76.2 Å². The summed E-state index contributed by atoms with van der Waals surface area (Å²) < 4.78 is 38.4. The summed E-state index contributed by atoms with van der Waals surface area (Å²) in [4.78, 5) is 15.3. The number of carbonyl (C=O) groups excluding carboxylic acids is 1. The van der Waals surface area contributed by atoms with Gasteiger partial charge in [-0.15, -0.1) is 0 Å². The third-order valence-corrected chi connectivity index (χ3v) is 8.06. The van der Waals surface area contributed by atoms with Crippen molar-refractivity contribution in [2.45, 2.75) is 30.7 Å². The molecule has 4 rings (SSSR count). The molecule has 3 aromatic rings. The summed E-state index contributed by atoms with van der Waals surface area (Å²) in [6.45, 7) is 3.21. The third-order valence-electron chi connectivity index (χ3n) is 6.27. The van der Waals surface area contributed by atoms with Crippen LogP contribution in [0.15, 0.2) is 77.7 Å². The van der Waals surface area contributed by atoms with E-state index in [2.05, 4.69) is 0 Å². The molecule has 0 N–H and O–H groups in total. The number of hydrogen-bond acceptors (Lipinski definition) is 5. The van der Waals surface area contributed by atoms with E-state index in [9.17, 15) is 13.2 Å². The molecule has 1 saturated heterocycles. The van der Waals surface area contributed by atoms with Gasteiger partial charge in [-0.2, -0.15) is 0 Å². The summed E-state index contributed by atoms with van der Waals surface area (Å²) in [6, 6.07) is 20.9. The largest absolute Gasteiger partial charge is 0.495 e. The van der Waals surface area contributed by atoms with Crippen LogP contribution >= 0.6 is 0 Å². The number of rotatable bonds is 8. The van der Waals surface area contributed by atoms with Crippen LogP contribution in [0.25, 0.3) is 0 Å². The molecular weight excluding hydrogens is 464 g/mol. The first-order valence-corrected chi connectivity index (χ1v) is 13.1. The van der Waals surface area contributed by atoms with Gasteiger partial charge in [0.1, 0.15) is 11.5 Å². The Labute approximate surface area is 206 Å². The fourth-order valence-electron chi connectivity index (χ4n) is 4.42. The zero-order chi connectivity index (χ0) is 25.0. The molecule has 184 valence electrons. The standard InChI is InChI=1S/C27H30N2O5S/c1-4-34-22-15-11-20(12-16-22)24-9-7-19-29(24)27(30)21-13-17-23(18-14-21)35(31,32)28(2)25-8-5-6-10-26(25)33-3/h5-6,8,10-18,24H,4,7,9,19H2,1-3H3. The highest BCUT2D eigenvalue weighted by molar-refractivity contribution is 7.92. The Morgan fingerprint density at radius 3 is 2.37 bits per heavy atom. The minimum absolute atomic E-state index is 0.0155. The Bertz CT molecular complexity index is 1270. The molecule has 7 nitrogen and oxygen atoms in total. The number of likely N-dealkylation sites (tertiary alicyclic amines) is 1. The molecule has 0 aliphatic carbocycles. The lowest BCUT2D eigenvalue weighted by atomic mass is 10.0. The van der Waals surface area contributed by atoms with E-state index in [1.807, 2.05) is 36.1 Å². The lowest BCUT2D eigenvalue weighted by molar-refractivity contribution is 0.0735. The van der Waals surface area contributed by atoms with Gasteiger partial charge in [0, 0.05) is 19.2 Å². The van der Waals surface area contributed by atoms with Gasteiger partial charge in [0.15, 0.2) is 0 Å². The van der Waals surface area contributed by atoms with Crippen LogP contribution in [0.2, 0.25) is 0 Å². The zero-order valence-electron chi connectivity index (χ0n) is 20.2. The van der Waals surface area contributed by atoms with Crippen molar-refractivity contribution < 1.29 is 22.7 Å². The van der Waals surface area contributed by atoms with Crippen molar-refractivity contribution in [2.24, 2.45) is 0 Å². The minimum atomic E-state index is -3.83. The van der Waals surface area contributed by atoms with Crippen molar-refractivity contribution in [1.29, 1.82) is 0 Å². The number of anilines is 1. The zero-order valence-corrected chi connectivity index (χ0v) is 21.0. The van der Waals surface area contributed by atoms with Gasteiger partial charge in [-0.25, -0.2) is 8.42 Å². The van der Waals surface area contributed by atoms with Gasteiger partial charge in [-0.05, 0) is 73.9 Å². The average Bonchev–Trinajstić information content (AvgIpc) is 3.38. The molecule has 1 aliphatic rings. The smallest absolute Gasteiger partial charge is 0.264 e. The maximum atomic E-state index is 13.3. The molecule has 1 amide bonds. The first-order valence-electron chi connectivity index (χ1n) is 11.6. The van der Waals surface area contributed by atoms with Crippen molar-refractivity contribution in [3.63, 3.8) is 0 Å². The molecule has 1 fully saturated rings. The van der Waals surface area contributed by atoms with Crippen molar-refractivity contribution in [3.05, 3.63) is 83.9 Å². The number of hydrogen-bond donors (Lipinski definition) is 0. The quantitative estimate of drug-likeness (QED) is 0.445. The van der Waals surface area contributed by atoms with E-state index < -0.39 is 10.0 Å². The van der Waals surface area contributed by atoms with E-state index in [-0.39, 0.29) is 16.8 Å². The second-order valence-corrected chi connectivity index (χ2v) is 10.3. The average molecular weight is 495 g/mol. The van der Waals surface area contributed by atoms with Crippen molar-refractivity contribution in [3.8, 4) is 11.5 Å². The predicted octanol–water partition coefficient (Wildman–Crippen LogP) is 4.90. The number of amides is 1. The molecule has 1 aliphatic heterocycles. The molecule has 35 heavy (non-hydrogen) atoms. The van der Waals surface area contributed by atoms with E-state index in [4.69, 9.17) is 9.47 Å². The number of methoxy groups -OCH3 is 1. The van der Waals surface area contributed by atoms with E-state index >= 15 is 0 Å². The fraction of sp³-hybridized carbons (Fsp3) is 0.296. The molecule has 1 heterocycles. The Kier molecular flexibility index (Phi) is 7.31. The maximum Gasteiger partial charge on any atom is 0.264 e. The summed E-state index contributed by atoms with van der Waals surface area (Å²) in [6.07, 6.45) is 1.80. The van der Waals surface area contributed by atoms with E-state index in [0.717, 1.165) is 24.2 Å². The van der Waals surface area contributed by atoms with Crippen molar-refractivity contribution in [1.82, 2.24) is 4.90 Å². The van der Waals surface area contributed by atoms with Crippen molar-refractivity contribution in [2.75, 3.05) is 31.6 Å². The normalized spacial score (nSPS) is 15.6. The number of sulfonamides is 1. The second kappa shape index (κ2) is 10.4. The summed E-state index contributed by atoms with van der Waals surface area (Å²) >= 11 is 0. The minimum Gasteiger partial charge on any atom is -0.495 e. The maximum absolute atomic E-state index is 13.3.